The normalized spacial score (nSPS) is 46.4. The van der Waals surface area contributed by atoms with E-state index in [9.17, 15) is 9.59 Å². The van der Waals surface area contributed by atoms with Crippen molar-refractivity contribution in [3.63, 3.8) is 0 Å². The number of ketones is 1. The van der Waals surface area contributed by atoms with E-state index in [4.69, 9.17) is 10.5 Å². The van der Waals surface area contributed by atoms with Crippen molar-refractivity contribution in [2.75, 3.05) is 0 Å². The van der Waals surface area contributed by atoms with Gasteiger partial charge in [0.25, 0.3) is 0 Å². The molecular formula is C10H13NO3. The van der Waals surface area contributed by atoms with Gasteiger partial charge in [-0.05, 0) is 26.0 Å². The predicted molar refractivity (Wildman–Crippen MR) is 49.3 cm³/mol. The van der Waals surface area contributed by atoms with Gasteiger partial charge in [0.05, 0.1) is 0 Å². The van der Waals surface area contributed by atoms with Crippen LogP contribution in [0.1, 0.15) is 20.3 Å². The summed E-state index contributed by atoms with van der Waals surface area (Å²) < 4.78 is 5.21. The number of rotatable bonds is 0. The van der Waals surface area contributed by atoms with E-state index < -0.39 is 17.1 Å². The van der Waals surface area contributed by atoms with Crippen molar-refractivity contribution in [2.45, 2.75) is 31.4 Å². The first-order valence-electron chi connectivity index (χ1n) is 4.61. The van der Waals surface area contributed by atoms with E-state index in [1.807, 2.05) is 0 Å². The van der Waals surface area contributed by atoms with E-state index in [-0.39, 0.29) is 18.1 Å². The molecular weight excluding hydrogens is 182 g/mol. The smallest absolute Gasteiger partial charge is 0.327 e. The Morgan fingerprint density at radius 1 is 1.50 bits per heavy atom. The number of carbonyl (C=O) groups is 2. The molecule has 1 aliphatic heterocycles. The van der Waals surface area contributed by atoms with Gasteiger partial charge in [0.1, 0.15) is 11.1 Å². The molecule has 0 aromatic carbocycles. The third-order valence-corrected chi connectivity index (χ3v) is 3.17. The molecule has 2 aliphatic rings. The maximum atomic E-state index is 11.5. The van der Waals surface area contributed by atoms with Gasteiger partial charge in [-0.25, -0.2) is 0 Å². The largest absolute Gasteiger partial charge is 0.453 e. The highest BCUT2D eigenvalue weighted by molar-refractivity contribution is 5.94. The van der Waals surface area contributed by atoms with E-state index in [0.29, 0.717) is 0 Å². The Morgan fingerprint density at radius 2 is 2.14 bits per heavy atom. The van der Waals surface area contributed by atoms with Crippen LogP contribution in [0.2, 0.25) is 0 Å². The summed E-state index contributed by atoms with van der Waals surface area (Å²) in [4.78, 5) is 22.7. The number of nitrogens with two attached hydrogens (primary N) is 1. The lowest BCUT2D eigenvalue weighted by atomic mass is 9.72. The van der Waals surface area contributed by atoms with Crippen molar-refractivity contribution in [3.05, 3.63) is 12.2 Å². The minimum Gasteiger partial charge on any atom is -0.453 e. The number of esters is 1. The summed E-state index contributed by atoms with van der Waals surface area (Å²) in [5.74, 6) is -0.674. The lowest BCUT2D eigenvalue weighted by Crippen LogP contribution is -2.51. The predicted octanol–water partition coefficient (Wildman–Crippen LogP) is 0.164. The Balaban J connectivity index is 2.46. The fraction of sp³-hybridized carbons (Fsp3) is 0.600. The minimum atomic E-state index is -1.05. The van der Waals surface area contributed by atoms with Gasteiger partial charge in [-0.2, -0.15) is 0 Å². The molecule has 0 amide bonds. The summed E-state index contributed by atoms with van der Waals surface area (Å²) >= 11 is 0. The van der Waals surface area contributed by atoms with Gasteiger partial charge in [0.2, 0.25) is 0 Å². The van der Waals surface area contributed by atoms with Crippen LogP contribution in [0, 0.1) is 5.92 Å². The number of hydrogen-bond acceptors (Lipinski definition) is 4. The monoisotopic (exact) mass is 195 g/mol. The minimum absolute atomic E-state index is 0.00227. The van der Waals surface area contributed by atoms with Crippen LogP contribution in [0.3, 0.4) is 0 Å². The molecule has 0 unspecified atom stereocenters. The molecule has 0 saturated carbocycles. The number of hydrogen-bond donors (Lipinski definition) is 1. The molecule has 3 atom stereocenters. The highest BCUT2D eigenvalue weighted by atomic mass is 16.6. The summed E-state index contributed by atoms with van der Waals surface area (Å²) in [5.41, 5.74) is 4.12. The Kier molecular flexibility index (Phi) is 1.64. The first-order chi connectivity index (χ1) is 6.36. The summed E-state index contributed by atoms with van der Waals surface area (Å²) in [6.07, 6.45) is 3.39. The Morgan fingerprint density at radius 3 is 2.79 bits per heavy atom. The van der Waals surface area contributed by atoms with Crippen molar-refractivity contribution >= 4 is 11.8 Å². The van der Waals surface area contributed by atoms with Crippen LogP contribution in [0.25, 0.3) is 0 Å². The third-order valence-electron chi connectivity index (χ3n) is 3.17. The average Bonchev–Trinajstić information content (AvgIpc) is 2.24. The van der Waals surface area contributed by atoms with Crippen molar-refractivity contribution in [1.82, 2.24) is 0 Å². The van der Waals surface area contributed by atoms with Crippen LogP contribution in [-0.4, -0.2) is 22.9 Å². The summed E-state index contributed by atoms with van der Waals surface area (Å²) in [5, 5.41) is 0. The van der Waals surface area contributed by atoms with E-state index in [2.05, 4.69) is 0 Å². The Hall–Kier alpha value is -1.16. The molecule has 2 N–H and O–H groups in total. The van der Waals surface area contributed by atoms with Gasteiger partial charge in [0, 0.05) is 12.3 Å². The molecule has 1 fully saturated rings. The molecule has 2 rings (SSSR count). The van der Waals surface area contributed by atoms with Crippen LogP contribution < -0.4 is 5.73 Å². The first-order valence-corrected chi connectivity index (χ1v) is 4.61. The van der Waals surface area contributed by atoms with E-state index in [1.54, 1.807) is 19.9 Å². The molecule has 0 bridgehead atoms. The molecule has 1 aliphatic carbocycles. The van der Waals surface area contributed by atoms with Crippen LogP contribution >= 0.6 is 0 Å². The molecule has 0 spiro atoms. The zero-order chi connectivity index (χ0) is 10.6. The maximum absolute atomic E-state index is 11.5. The second-order valence-corrected chi connectivity index (χ2v) is 4.41. The second kappa shape index (κ2) is 2.45. The molecule has 14 heavy (non-hydrogen) atoms. The van der Waals surface area contributed by atoms with Crippen molar-refractivity contribution in [1.29, 1.82) is 0 Å². The van der Waals surface area contributed by atoms with Crippen molar-refractivity contribution in [2.24, 2.45) is 11.7 Å². The van der Waals surface area contributed by atoms with Crippen LogP contribution in [-0.2, 0) is 14.3 Å². The van der Waals surface area contributed by atoms with E-state index in [0.717, 1.165) is 0 Å². The fourth-order valence-corrected chi connectivity index (χ4v) is 2.21. The first kappa shape index (κ1) is 9.40. The topological polar surface area (TPSA) is 69.4 Å². The SMILES string of the molecule is C[C@]12C=CC(=O)C[C@H]1[C@](C)(N)C(=O)O2. The van der Waals surface area contributed by atoms with Gasteiger partial charge in [-0.1, -0.05) is 0 Å². The summed E-state index contributed by atoms with van der Waals surface area (Å²) in [6.45, 7) is 3.41. The van der Waals surface area contributed by atoms with Crippen molar-refractivity contribution in [3.8, 4) is 0 Å². The highest BCUT2D eigenvalue weighted by Crippen LogP contribution is 2.43. The third kappa shape index (κ3) is 1.04. The molecule has 76 valence electrons. The molecule has 0 aromatic heterocycles. The van der Waals surface area contributed by atoms with Crippen LogP contribution in [0.4, 0.5) is 0 Å². The number of ether oxygens (including phenoxy) is 1. The zero-order valence-electron chi connectivity index (χ0n) is 8.24. The number of carbonyl (C=O) groups excluding carboxylic acids is 2. The number of fused-ring (bicyclic) bond motifs is 1. The van der Waals surface area contributed by atoms with Gasteiger partial charge in [0.15, 0.2) is 5.78 Å². The average molecular weight is 195 g/mol. The summed E-state index contributed by atoms with van der Waals surface area (Å²) in [7, 11) is 0. The lowest BCUT2D eigenvalue weighted by Gasteiger charge is -2.32. The standard InChI is InChI=1S/C10H13NO3/c1-9-4-3-6(12)5-7(9)10(2,11)8(13)14-9/h3-4,7H,5,11H2,1-2H3/t7-,9+,10+/m1/s1. The highest BCUT2D eigenvalue weighted by Gasteiger charge is 2.58. The maximum Gasteiger partial charge on any atom is 0.327 e. The van der Waals surface area contributed by atoms with Gasteiger partial charge >= 0.3 is 5.97 Å². The quantitative estimate of drug-likeness (QED) is 0.559. The Bertz CT molecular complexity index is 345. The van der Waals surface area contributed by atoms with E-state index >= 15 is 0 Å². The van der Waals surface area contributed by atoms with Gasteiger partial charge < -0.3 is 10.5 Å². The number of allylic oxidation sites excluding steroid dienone is 1. The molecule has 4 nitrogen and oxygen atoms in total. The van der Waals surface area contributed by atoms with Gasteiger partial charge in [-0.15, -0.1) is 0 Å². The molecule has 0 aromatic rings. The molecule has 1 saturated heterocycles. The lowest BCUT2D eigenvalue weighted by molar-refractivity contribution is -0.147. The summed E-state index contributed by atoms with van der Waals surface area (Å²) in [6, 6.07) is 0. The van der Waals surface area contributed by atoms with E-state index in [1.165, 1.54) is 6.08 Å². The van der Waals surface area contributed by atoms with Gasteiger partial charge in [-0.3, -0.25) is 9.59 Å². The molecule has 0 radical (unpaired) electrons. The zero-order valence-corrected chi connectivity index (χ0v) is 8.24. The van der Waals surface area contributed by atoms with Crippen LogP contribution in [0.5, 0.6) is 0 Å². The molecule has 4 heteroatoms. The molecule has 1 heterocycles. The van der Waals surface area contributed by atoms with Crippen LogP contribution in [0.15, 0.2) is 12.2 Å². The van der Waals surface area contributed by atoms with Crippen molar-refractivity contribution < 1.29 is 14.3 Å². The fourth-order valence-electron chi connectivity index (χ4n) is 2.21. The Labute approximate surface area is 82.1 Å². The second-order valence-electron chi connectivity index (χ2n) is 4.41.